The van der Waals surface area contributed by atoms with Crippen LogP contribution < -0.4 is 4.74 Å². The van der Waals surface area contributed by atoms with E-state index in [2.05, 4.69) is 6.07 Å². The maximum atomic E-state index is 8.78. The van der Waals surface area contributed by atoms with Gasteiger partial charge in [-0.25, -0.2) is 0 Å². The summed E-state index contributed by atoms with van der Waals surface area (Å²) in [6.45, 7) is 1.74. The number of nitrogens with zero attached hydrogens (tertiary/aromatic N) is 1. The highest BCUT2D eigenvalue weighted by Crippen LogP contribution is 2.29. The van der Waals surface area contributed by atoms with Crippen molar-refractivity contribution < 1.29 is 4.74 Å². The van der Waals surface area contributed by atoms with Crippen LogP contribution >= 0.6 is 0 Å². The van der Waals surface area contributed by atoms with Crippen LogP contribution in [0.4, 0.5) is 0 Å². The first-order valence-corrected chi connectivity index (χ1v) is 5.52. The molecule has 2 rings (SSSR count). The van der Waals surface area contributed by atoms with Crippen molar-refractivity contribution in [1.82, 2.24) is 0 Å². The van der Waals surface area contributed by atoms with Crippen LogP contribution in [0, 0.1) is 11.3 Å². The van der Waals surface area contributed by atoms with Gasteiger partial charge in [-0.15, -0.1) is 0 Å². The Balaban J connectivity index is 2.38. The molecule has 2 nitrogen and oxygen atoms in total. The van der Waals surface area contributed by atoms with E-state index in [4.69, 9.17) is 10.00 Å². The number of rotatable bonds is 3. The van der Waals surface area contributed by atoms with Gasteiger partial charge in [0.1, 0.15) is 11.8 Å². The van der Waals surface area contributed by atoms with Crippen molar-refractivity contribution in [3.05, 3.63) is 54.6 Å². The Morgan fingerprint density at radius 3 is 2.35 bits per heavy atom. The molecule has 84 valence electrons. The van der Waals surface area contributed by atoms with E-state index < -0.39 is 6.10 Å². The van der Waals surface area contributed by atoms with Crippen LogP contribution in [0.3, 0.4) is 0 Å². The number of para-hydroxylation sites is 1. The van der Waals surface area contributed by atoms with E-state index in [0.29, 0.717) is 0 Å². The molecule has 0 saturated carbocycles. The molecule has 0 aromatic heterocycles. The van der Waals surface area contributed by atoms with Gasteiger partial charge in [0.15, 0.2) is 6.10 Å². The minimum atomic E-state index is -0.445. The predicted molar refractivity (Wildman–Crippen MR) is 67.6 cm³/mol. The van der Waals surface area contributed by atoms with E-state index in [1.54, 1.807) is 6.92 Å². The molecule has 0 N–H and O–H groups in total. The Bertz CT molecular complexity index is 528. The average Bonchev–Trinajstić information content (AvgIpc) is 2.40. The topological polar surface area (TPSA) is 33.0 Å². The molecule has 1 unspecified atom stereocenters. The Labute approximate surface area is 101 Å². The summed E-state index contributed by atoms with van der Waals surface area (Å²) in [5.41, 5.74) is 2.10. The van der Waals surface area contributed by atoms with Crippen molar-refractivity contribution in [3.8, 4) is 22.9 Å². The van der Waals surface area contributed by atoms with Crippen LogP contribution in [-0.4, -0.2) is 6.10 Å². The summed E-state index contributed by atoms with van der Waals surface area (Å²) in [5, 5.41) is 8.78. The predicted octanol–water partition coefficient (Wildman–Crippen LogP) is 3.64. The molecule has 0 spiro atoms. The molecule has 2 heteroatoms. The Hall–Kier alpha value is -2.27. The third-order valence-electron chi connectivity index (χ3n) is 2.46. The SMILES string of the molecule is CC(C#N)Oc1ccccc1-c1ccccc1. The van der Waals surface area contributed by atoms with Crippen LogP contribution in [0.1, 0.15) is 6.92 Å². The van der Waals surface area contributed by atoms with Crippen molar-refractivity contribution >= 4 is 0 Å². The molecule has 0 bridgehead atoms. The van der Waals surface area contributed by atoms with Gasteiger partial charge in [-0.1, -0.05) is 48.5 Å². The fraction of sp³-hybridized carbons (Fsp3) is 0.133. The normalized spacial score (nSPS) is 11.5. The van der Waals surface area contributed by atoms with Gasteiger partial charge >= 0.3 is 0 Å². The molecule has 0 aliphatic rings. The van der Waals surface area contributed by atoms with E-state index in [1.165, 1.54) is 0 Å². The maximum absolute atomic E-state index is 8.78. The van der Waals surface area contributed by atoms with Crippen LogP contribution in [-0.2, 0) is 0 Å². The minimum absolute atomic E-state index is 0.445. The van der Waals surface area contributed by atoms with Crippen molar-refractivity contribution in [2.45, 2.75) is 13.0 Å². The van der Waals surface area contributed by atoms with E-state index in [9.17, 15) is 0 Å². The van der Waals surface area contributed by atoms with Crippen molar-refractivity contribution in [2.75, 3.05) is 0 Å². The highest BCUT2D eigenvalue weighted by atomic mass is 16.5. The summed E-state index contributed by atoms with van der Waals surface area (Å²) >= 11 is 0. The number of nitriles is 1. The lowest BCUT2D eigenvalue weighted by atomic mass is 10.0. The van der Waals surface area contributed by atoms with Gasteiger partial charge in [0.25, 0.3) is 0 Å². The van der Waals surface area contributed by atoms with Gasteiger partial charge in [0, 0.05) is 5.56 Å². The summed E-state index contributed by atoms with van der Waals surface area (Å²) in [7, 11) is 0. The zero-order valence-corrected chi connectivity index (χ0v) is 9.63. The van der Waals surface area contributed by atoms with Gasteiger partial charge in [-0.05, 0) is 18.6 Å². The van der Waals surface area contributed by atoms with E-state index in [0.717, 1.165) is 16.9 Å². The first kappa shape index (κ1) is 11.2. The number of ether oxygens (including phenoxy) is 1. The first-order valence-electron chi connectivity index (χ1n) is 5.52. The molecule has 1 atom stereocenters. The van der Waals surface area contributed by atoms with Gasteiger partial charge in [0.2, 0.25) is 0 Å². The van der Waals surface area contributed by atoms with Gasteiger partial charge in [-0.3, -0.25) is 0 Å². The molecule has 0 aliphatic heterocycles. The van der Waals surface area contributed by atoms with E-state index in [1.807, 2.05) is 54.6 Å². The summed E-state index contributed by atoms with van der Waals surface area (Å²) in [5.74, 6) is 0.743. The summed E-state index contributed by atoms with van der Waals surface area (Å²) in [6.07, 6.45) is -0.445. The maximum Gasteiger partial charge on any atom is 0.181 e. The second-order valence-electron chi connectivity index (χ2n) is 3.75. The molecule has 17 heavy (non-hydrogen) atoms. The summed E-state index contributed by atoms with van der Waals surface area (Å²) in [4.78, 5) is 0. The van der Waals surface area contributed by atoms with Crippen LogP contribution in [0.15, 0.2) is 54.6 Å². The third-order valence-corrected chi connectivity index (χ3v) is 2.46. The number of benzene rings is 2. The zero-order valence-electron chi connectivity index (χ0n) is 9.63. The molecule has 0 fully saturated rings. The fourth-order valence-corrected chi connectivity index (χ4v) is 1.64. The van der Waals surface area contributed by atoms with E-state index in [-0.39, 0.29) is 0 Å². The molecule has 2 aromatic rings. The van der Waals surface area contributed by atoms with Gasteiger partial charge < -0.3 is 4.74 Å². The van der Waals surface area contributed by atoms with Crippen LogP contribution in [0.25, 0.3) is 11.1 Å². The van der Waals surface area contributed by atoms with E-state index >= 15 is 0 Å². The second kappa shape index (κ2) is 5.18. The first-order chi connectivity index (χ1) is 8.31. The Morgan fingerprint density at radius 2 is 1.65 bits per heavy atom. The average molecular weight is 223 g/mol. The van der Waals surface area contributed by atoms with Crippen LogP contribution in [0.2, 0.25) is 0 Å². The lowest BCUT2D eigenvalue weighted by molar-refractivity contribution is 0.277. The molecule has 0 saturated heterocycles. The van der Waals surface area contributed by atoms with Crippen molar-refractivity contribution in [2.24, 2.45) is 0 Å². The molecule has 0 radical (unpaired) electrons. The van der Waals surface area contributed by atoms with Crippen molar-refractivity contribution in [3.63, 3.8) is 0 Å². The third kappa shape index (κ3) is 2.64. The van der Waals surface area contributed by atoms with Gasteiger partial charge in [0.05, 0.1) is 0 Å². The van der Waals surface area contributed by atoms with Crippen LogP contribution in [0.5, 0.6) is 5.75 Å². The Morgan fingerprint density at radius 1 is 1.00 bits per heavy atom. The molecule has 0 aliphatic carbocycles. The quantitative estimate of drug-likeness (QED) is 0.795. The second-order valence-corrected chi connectivity index (χ2v) is 3.75. The zero-order chi connectivity index (χ0) is 12.1. The highest BCUT2D eigenvalue weighted by molar-refractivity contribution is 5.70. The molecule has 0 heterocycles. The molecule has 2 aromatic carbocycles. The van der Waals surface area contributed by atoms with Gasteiger partial charge in [-0.2, -0.15) is 5.26 Å². The minimum Gasteiger partial charge on any atom is -0.475 e. The molecular weight excluding hydrogens is 210 g/mol. The lowest BCUT2D eigenvalue weighted by Crippen LogP contribution is -2.08. The monoisotopic (exact) mass is 223 g/mol. The fourth-order valence-electron chi connectivity index (χ4n) is 1.64. The Kier molecular flexibility index (Phi) is 3.42. The summed E-state index contributed by atoms with van der Waals surface area (Å²) in [6, 6.07) is 19.8. The molecule has 0 amide bonds. The standard InChI is InChI=1S/C15H13NO/c1-12(11-16)17-15-10-6-5-9-14(15)13-7-3-2-4-8-13/h2-10,12H,1H3. The number of hydrogen-bond donors (Lipinski definition) is 0. The number of hydrogen-bond acceptors (Lipinski definition) is 2. The smallest absolute Gasteiger partial charge is 0.181 e. The van der Waals surface area contributed by atoms with Crippen molar-refractivity contribution in [1.29, 1.82) is 5.26 Å². The largest absolute Gasteiger partial charge is 0.475 e. The summed E-state index contributed by atoms with van der Waals surface area (Å²) < 4.78 is 5.59. The highest BCUT2D eigenvalue weighted by Gasteiger charge is 2.08. The molecular formula is C15H13NO. The lowest BCUT2D eigenvalue weighted by Gasteiger charge is -2.12.